The zero-order chi connectivity index (χ0) is 28.4. The quantitative estimate of drug-likeness (QED) is 0.304. The number of nitrogens with zero attached hydrogens (tertiary/aromatic N) is 3. The lowest BCUT2D eigenvalue weighted by molar-refractivity contribution is -0.150. The van der Waals surface area contributed by atoms with Crippen molar-refractivity contribution in [1.29, 1.82) is 0 Å². The first-order chi connectivity index (χ1) is 19.4. The summed E-state index contributed by atoms with van der Waals surface area (Å²) in [5.74, 6) is -2.10. The van der Waals surface area contributed by atoms with Crippen LogP contribution in [0.5, 0.6) is 0 Å². The van der Waals surface area contributed by atoms with Gasteiger partial charge in [0.25, 0.3) is 0 Å². The molecule has 4 aliphatic rings. The molecule has 4 fully saturated rings. The third-order valence-corrected chi connectivity index (χ3v) is 9.98. The molecule has 1 aromatic rings. The van der Waals surface area contributed by atoms with Gasteiger partial charge in [-0.1, -0.05) is 65.5 Å². The molecule has 5 rings (SSSR count). The maximum Gasteiger partial charge on any atom is 0.248 e. The van der Waals surface area contributed by atoms with Crippen LogP contribution in [-0.4, -0.2) is 87.5 Å². The largest absolute Gasteiger partial charge is 0.396 e. The molecule has 3 unspecified atom stereocenters. The lowest BCUT2D eigenvalue weighted by Gasteiger charge is -2.41. The van der Waals surface area contributed by atoms with Gasteiger partial charge in [-0.2, -0.15) is 0 Å². The van der Waals surface area contributed by atoms with Crippen molar-refractivity contribution in [2.45, 2.75) is 73.6 Å². The van der Waals surface area contributed by atoms with E-state index < -0.39 is 29.6 Å². The monoisotopic (exact) mass is 613 g/mol. The fourth-order valence-corrected chi connectivity index (χ4v) is 8.46. The number of carbonyl (C=O) groups excluding carboxylic acids is 3. The van der Waals surface area contributed by atoms with Crippen LogP contribution in [0.25, 0.3) is 0 Å². The smallest absolute Gasteiger partial charge is 0.248 e. The van der Waals surface area contributed by atoms with E-state index in [4.69, 9.17) is 4.74 Å². The van der Waals surface area contributed by atoms with Crippen LogP contribution in [0.1, 0.15) is 44.9 Å². The van der Waals surface area contributed by atoms with Gasteiger partial charge in [-0.15, -0.1) is 13.2 Å². The van der Waals surface area contributed by atoms with Crippen molar-refractivity contribution in [2.75, 3.05) is 31.1 Å². The maximum atomic E-state index is 14.5. The summed E-state index contributed by atoms with van der Waals surface area (Å²) in [7, 11) is 0. The highest BCUT2D eigenvalue weighted by Gasteiger charge is 2.77. The number of para-hydroxylation sites is 1. The Kier molecular flexibility index (Phi) is 8.83. The van der Waals surface area contributed by atoms with Crippen LogP contribution in [0.4, 0.5) is 5.69 Å². The number of carbonyl (C=O) groups is 3. The minimum Gasteiger partial charge on any atom is -0.396 e. The summed E-state index contributed by atoms with van der Waals surface area (Å²) in [6.45, 7) is 8.57. The number of aliphatic hydroxyl groups excluding tert-OH is 1. The molecule has 1 aliphatic carbocycles. The van der Waals surface area contributed by atoms with Crippen LogP contribution in [0.2, 0.25) is 0 Å². The van der Waals surface area contributed by atoms with E-state index >= 15 is 0 Å². The van der Waals surface area contributed by atoms with Crippen LogP contribution >= 0.6 is 15.9 Å². The number of fused-ring (bicyclic) bond motifs is 1. The average Bonchev–Trinajstić information content (AvgIpc) is 3.56. The molecule has 3 saturated heterocycles. The maximum absolute atomic E-state index is 14.5. The summed E-state index contributed by atoms with van der Waals surface area (Å²) < 4.78 is 6.71. The predicted octanol–water partition coefficient (Wildman–Crippen LogP) is 3.68. The molecule has 8 nitrogen and oxygen atoms in total. The van der Waals surface area contributed by atoms with E-state index in [0.717, 1.165) is 37.8 Å². The standard InChI is InChI=1S/C31H40BrN3O5/c1-3-16-33(21-12-7-5-8-13-21)28(37)24-25-29(38)35(18-11-19-36)27(31(25)20-23(32)26(24)40-31)30(39)34(17-4-2)22-14-9-6-10-15-22/h3-5,7-8,12-13,22-27,36H,1-2,6,9-11,14-20H2/t23?,24-,25+,26-,27?,31?/m1/s1. The summed E-state index contributed by atoms with van der Waals surface area (Å²) in [5, 5.41) is 9.65. The van der Waals surface area contributed by atoms with Gasteiger partial charge >= 0.3 is 0 Å². The van der Waals surface area contributed by atoms with E-state index in [2.05, 4.69) is 29.1 Å². The second-order valence-corrected chi connectivity index (χ2v) is 12.6. The second-order valence-electron chi connectivity index (χ2n) is 11.4. The van der Waals surface area contributed by atoms with Gasteiger partial charge in [0.2, 0.25) is 17.7 Å². The second kappa shape index (κ2) is 12.2. The lowest BCUT2D eigenvalue weighted by Crippen LogP contribution is -2.59. The van der Waals surface area contributed by atoms with Gasteiger partial charge in [-0.05, 0) is 37.8 Å². The van der Waals surface area contributed by atoms with Crippen LogP contribution in [0.3, 0.4) is 0 Å². The Balaban J connectivity index is 1.54. The van der Waals surface area contributed by atoms with Crippen molar-refractivity contribution in [2.24, 2.45) is 11.8 Å². The fraction of sp³-hybridized carbons (Fsp3) is 0.581. The predicted molar refractivity (Wildman–Crippen MR) is 157 cm³/mol. The number of anilines is 1. The Labute approximate surface area is 245 Å². The minimum atomic E-state index is -1.12. The molecule has 9 heteroatoms. The third-order valence-electron chi connectivity index (χ3n) is 9.14. The number of halogens is 1. The number of aliphatic hydroxyl groups is 1. The first-order valence-corrected chi connectivity index (χ1v) is 15.4. The van der Waals surface area contributed by atoms with Gasteiger partial charge < -0.3 is 24.5 Å². The topological polar surface area (TPSA) is 90.4 Å². The highest BCUT2D eigenvalue weighted by Crippen LogP contribution is 2.60. The Morgan fingerprint density at radius 3 is 2.45 bits per heavy atom. The summed E-state index contributed by atoms with van der Waals surface area (Å²) in [5.41, 5.74) is -0.395. The molecule has 216 valence electrons. The molecule has 1 spiro atoms. The van der Waals surface area contributed by atoms with Crippen LogP contribution in [0, 0.1) is 11.8 Å². The molecule has 3 aliphatic heterocycles. The molecular weight excluding hydrogens is 574 g/mol. The molecule has 1 N–H and O–H groups in total. The van der Waals surface area contributed by atoms with Gasteiger partial charge in [-0.25, -0.2) is 0 Å². The van der Waals surface area contributed by atoms with Gasteiger partial charge in [0.05, 0.1) is 17.9 Å². The average molecular weight is 615 g/mol. The highest BCUT2D eigenvalue weighted by atomic mass is 79.9. The molecule has 0 aromatic heterocycles. The summed E-state index contributed by atoms with van der Waals surface area (Å²) in [6, 6.07) is 8.59. The molecular formula is C31H40BrN3O5. The number of ether oxygens (including phenoxy) is 1. The molecule has 1 saturated carbocycles. The van der Waals surface area contributed by atoms with Crippen molar-refractivity contribution >= 4 is 39.3 Å². The Morgan fingerprint density at radius 2 is 1.80 bits per heavy atom. The van der Waals surface area contributed by atoms with Crippen LogP contribution in [0.15, 0.2) is 55.6 Å². The first-order valence-electron chi connectivity index (χ1n) is 14.5. The summed E-state index contributed by atoms with van der Waals surface area (Å²) in [6.07, 6.45) is 8.83. The van der Waals surface area contributed by atoms with Crippen molar-refractivity contribution < 1.29 is 24.2 Å². The molecule has 3 heterocycles. The Bertz CT molecular complexity index is 1130. The van der Waals surface area contributed by atoms with E-state index in [-0.39, 0.29) is 48.3 Å². The molecule has 1 aromatic carbocycles. The normalized spacial score (nSPS) is 31.2. The molecule has 2 bridgehead atoms. The van der Waals surface area contributed by atoms with E-state index in [9.17, 15) is 19.5 Å². The van der Waals surface area contributed by atoms with Crippen molar-refractivity contribution in [3.05, 3.63) is 55.6 Å². The summed E-state index contributed by atoms with van der Waals surface area (Å²) in [4.78, 5) is 48.1. The lowest BCUT2D eigenvalue weighted by atomic mass is 9.70. The van der Waals surface area contributed by atoms with E-state index in [0.29, 0.717) is 19.4 Å². The third kappa shape index (κ3) is 4.84. The molecule has 0 radical (unpaired) electrons. The number of benzene rings is 1. The van der Waals surface area contributed by atoms with Crippen molar-refractivity contribution in [1.82, 2.24) is 9.80 Å². The van der Waals surface area contributed by atoms with Gasteiger partial charge in [0.1, 0.15) is 11.6 Å². The molecule has 6 atom stereocenters. The number of rotatable bonds is 11. The van der Waals surface area contributed by atoms with E-state index in [1.54, 1.807) is 22.0 Å². The minimum absolute atomic E-state index is 0.0847. The Hall–Kier alpha value is -2.49. The SMILES string of the molecule is C=CCN(C(=O)[C@H]1[C@@H]2OC3(CC2Br)C(C(=O)N(CC=C)C2CCCCC2)N(CCCO)C(=O)[C@H]13)c1ccccc1. The Morgan fingerprint density at radius 1 is 1.10 bits per heavy atom. The summed E-state index contributed by atoms with van der Waals surface area (Å²) >= 11 is 3.77. The van der Waals surface area contributed by atoms with Crippen LogP contribution in [-0.2, 0) is 19.1 Å². The molecule has 3 amide bonds. The zero-order valence-electron chi connectivity index (χ0n) is 23.0. The van der Waals surface area contributed by atoms with Crippen molar-refractivity contribution in [3.8, 4) is 0 Å². The highest BCUT2D eigenvalue weighted by molar-refractivity contribution is 9.09. The number of hydrogen-bond donors (Lipinski definition) is 1. The number of amides is 3. The molecule has 40 heavy (non-hydrogen) atoms. The number of alkyl halides is 1. The van der Waals surface area contributed by atoms with Gasteiger partial charge in [-0.3, -0.25) is 14.4 Å². The fourth-order valence-electron chi connectivity index (χ4n) is 7.52. The number of hydrogen-bond acceptors (Lipinski definition) is 5. The van der Waals surface area contributed by atoms with Crippen LogP contribution < -0.4 is 4.90 Å². The van der Waals surface area contributed by atoms with E-state index in [1.807, 2.05) is 35.2 Å². The van der Waals surface area contributed by atoms with E-state index in [1.165, 1.54) is 0 Å². The number of likely N-dealkylation sites (tertiary alicyclic amines) is 1. The first kappa shape index (κ1) is 29.0. The van der Waals surface area contributed by atoms with Gasteiger partial charge in [0, 0.05) is 42.8 Å². The van der Waals surface area contributed by atoms with Gasteiger partial charge in [0.15, 0.2) is 0 Å². The zero-order valence-corrected chi connectivity index (χ0v) is 24.6. The van der Waals surface area contributed by atoms with Crippen molar-refractivity contribution in [3.63, 3.8) is 0 Å².